The fourth-order valence-corrected chi connectivity index (χ4v) is 3.69. The second kappa shape index (κ2) is 3.94. The molecule has 0 aliphatic heterocycles. The fraction of sp³-hybridized carbons (Fsp3) is 0.0909. The zero-order valence-electron chi connectivity index (χ0n) is 8.90. The minimum atomic E-state index is 0.579. The molecule has 2 N–H and O–H groups in total. The highest BCUT2D eigenvalue weighted by Crippen LogP contribution is 2.37. The molecule has 0 aliphatic rings. The molecular weight excluding hydrogens is 274 g/mol. The summed E-state index contributed by atoms with van der Waals surface area (Å²) >= 11 is 9.04. The molecule has 0 spiro atoms. The molecule has 3 rings (SSSR count). The Kier molecular flexibility index (Phi) is 2.54. The van der Waals surface area contributed by atoms with Gasteiger partial charge in [-0.3, -0.25) is 0 Å². The van der Waals surface area contributed by atoms with Gasteiger partial charge in [-0.05, 0) is 25.1 Å². The van der Waals surface area contributed by atoms with Crippen LogP contribution in [0, 0.1) is 6.92 Å². The number of nitrogens with two attached hydrogens (primary N) is 1. The Balaban J connectivity index is 2.21. The molecule has 0 radical (unpaired) electrons. The molecule has 0 bridgehead atoms. The van der Waals surface area contributed by atoms with Crippen LogP contribution < -0.4 is 5.73 Å². The van der Waals surface area contributed by atoms with E-state index < -0.39 is 0 Å². The molecule has 2 aromatic heterocycles. The Labute approximate surface area is 111 Å². The van der Waals surface area contributed by atoms with Gasteiger partial charge < -0.3 is 5.73 Å². The molecule has 3 aromatic rings. The highest BCUT2D eigenvalue weighted by Gasteiger charge is 2.13. The summed E-state index contributed by atoms with van der Waals surface area (Å²) in [7, 11) is 0. The van der Waals surface area contributed by atoms with Crippen molar-refractivity contribution < 1.29 is 0 Å². The monoisotopic (exact) mass is 281 g/mol. The second-order valence-electron chi connectivity index (χ2n) is 3.60. The van der Waals surface area contributed by atoms with Crippen LogP contribution in [-0.2, 0) is 0 Å². The molecule has 17 heavy (non-hydrogen) atoms. The SMILES string of the molecule is Cc1nc(N)sc1-c1nc2cc(Cl)ccc2s1. The Morgan fingerprint density at radius 3 is 2.76 bits per heavy atom. The fourth-order valence-electron chi connectivity index (χ4n) is 1.61. The maximum absolute atomic E-state index is 5.94. The molecule has 0 aliphatic carbocycles. The van der Waals surface area contributed by atoms with Crippen LogP contribution in [0.1, 0.15) is 5.69 Å². The van der Waals surface area contributed by atoms with Gasteiger partial charge in [-0.1, -0.05) is 22.9 Å². The van der Waals surface area contributed by atoms with Crippen molar-refractivity contribution in [3.05, 3.63) is 28.9 Å². The number of hydrogen-bond donors (Lipinski definition) is 1. The number of anilines is 1. The van der Waals surface area contributed by atoms with E-state index in [1.54, 1.807) is 11.3 Å². The molecule has 86 valence electrons. The third kappa shape index (κ3) is 1.90. The number of halogens is 1. The lowest BCUT2D eigenvalue weighted by Crippen LogP contribution is -1.80. The third-order valence-corrected chi connectivity index (χ3v) is 4.77. The predicted molar refractivity (Wildman–Crippen MR) is 74.9 cm³/mol. The predicted octanol–water partition coefficient (Wildman–Crippen LogP) is 3.96. The maximum Gasteiger partial charge on any atom is 0.180 e. The zero-order valence-corrected chi connectivity index (χ0v) is 11.3. The van der Waals surface area contributed by atoms with Gasteiger partial charge >= 0.3 is 0 Å². The summed E-state index contributed by atoms with van der Waals surface area (Å²) in [6, 6.07) is 5.73. The highest BCUT2D eigenvalue weighted by atomic mass is 35.5. The smallest absolute Gasteiger partial charge is 0.180 e. The topological polar surface area (TPSA) is 51.8 Å². The Hall–Kier alpha value is -1.17. The standard InChI is InChI=1S/C11H8ClN3S2/c1-5-9(17-11(13)14-5)10-15-7-4-6(12)2-3-8(7)16-10/h2-4H,1H3,(H2,13,14). The molecule has 0 atom stereocenters. The van der Waals surface area contributed by atoms with Crippen molar-refractivity contribution in [2.45, 2.75) is 6.92 Å². The summed E-state index contributed by atoms with van der Waals surface area (Å²) in [4.78, 5) is 9.82. The van der Waals surface area contributed by atoms with Gasteiger partial charge in [-0.15, -0.1) is 11.3 Å². The zero-order chi connectivity index (χ0) is 12.0. The minimum absolute atomic E-state index is 0.579. The summed E-state index contributed by atoms with van der Waals surface area (Å²) in [5.41, 5.74) is 7.55. The van der Waals surface area contributed by atoms with Gasteiger partial charge in [0.05, 0.1) is 20.8 Å². The van der Waals surface area contributed by atoms with Crippen LogP contribution in [0.3, 0.4) is 0 Å². The van der Waals surface area contributed by atoms with Gasteiger partial charge in [0.25, 0.3) is 0 Å². The van der Waals surface area contributed by atoms with Gasteiger partial charge in [0.1, 0.15) is 5.01 Å². The van der Waals surface area contributed by atoms with E-state index in [1.165, 1.54) is 11.3 Å². The van der Waals surface area contributed by atoms with E-state index >= 15 is 0 Å². The molecule has 0 fully saturated rings. The van der Waals surface area contributed by atoms with Crippen LogP contribution >= 0.6 is 34.3 Å². The summed E-state index contributed by atoms with van der Waals surface area (Å²) in [6.45, 7) is 1.95. The van der Waals surface area contributed by atoms with Crippen molar-refractivity contribution in [1.82, 2.24) is 9.97 Å². The number of thiazole rings is 2. The van der Waals surface area contributed by atoms with E-state index in [0.29, 0.717) is 10.2 Å². The first kappa shape index (κ1) is 11.0. The van der Waals surface area contributed by atoms with Crippen LogP contribution in [0.5, 0.6) is 0 Å². The molecule has 0 amide bonds. The lowest BCUT2D eigenvalue weighted by atomic mass is 10.3. The average Bonchev–Trinajstić information content (AvgIpc) is 2.80. The molecular formula is C11H8ClN3S2. The number of nitrogens with zero attached hydrogens (tertiary/aromatic N) is 2. The average molecular weight is 282 g/mol. The summed E-state index contributed by atoms with van der Waals surface area (Å²) in [5, 5.41) is 2.23. The van der Waals surface area contributed by atoms with Crippen LogP contribution in [0.4, 0.5) is 5.13 Å². The lowest BCUT2D eigenvalue weighted by molar-refractivity contribution is 1.27. The molecule has 0 unspecified atom stereocenters. The Bertz CT molecular complexity index is 702. The first-order valence-electron chi connectivity index (χ1n) is 4.93. The van der Waals surface area contributed by atoms with Crippen molar-refractivity contribution in [2.24, 2.45) is 0 Å². The summed E-state index contributed by atoms with van der Waals surface area (Å²) < 4.78 is 1.12. The molecule has 3 nitrogen and oxygen atoms in total. The number of benzene rings is 1. The van der Waals surface area contributed by atoms with Crippen LogP contribution in [0.25, 0.3) is 20.1 Å². The van der Waals surface area contributed by atoms with Crippen molar-refractivity contribution in [1.29, 1.82) is 0 Å². The molecule has 1 aromatic carbocycles. The van der Waals surface area contributed by atoms with E-state index in [4.69, 9.17) is 17.3 Å². The van der Waals surface area contributed by atoms with E-state index in [1.807, 2.05) is 25.1 Å². The molecule has 6 heteroatoms. The number of nitrogen functional groups attached to an aromatic ring is 1. The normalized spacial score (nSPS) is 11.2. The van der Waals surface area contributed by atoms with Crippen molar-refractivity contribution in [2.75, 3.05) is 5.73 Å². The molecule has 0 saturated carbocycles. The van der Waals surface area contributed by atoms with Gasteiger partial charge in [0, 0.05) is 5.02 Å². The van der Waals surface area contributed by atoms with E-state index in [0.717, 1.165) is 25.8 Å². The molecule has 2 heterocycles. The number of fused-ring (bicyclic) bond motifs is 1. The summed E-state index contributed by atoms with van der Waals surface area (Å²) in [5.74, 6) is 0. The lowest BCUT2D eigenvalue weighted by Gasteiger charge is -1.88. The van der Waals surface area contributed by atoms with Gasteiger partial charge in [0.2, 0.25) is 0 Å². The first-order chi connectivity index (χ1) is 8.13. The first-order valence-corrected chi connectivity index (χ1v) is 6.94. The van der Waals surface area contributed by atoms with E-state index in [2.05, 4.69) is 9.97 Å². The number of hydrogen-bond acceptors (Lipinski definition) is 5. The van der Waals surface area contributed by atoms with Crippen LogP contribution in [0.15, 0.2) is 18.2 Å². The van der Waals surface area contributed by atoms with Crippen molar-refractivity contribution in [3.63, 3.8) is 0 Å². The number of aromatic nitrogens is 2. The van der Waals surface area contributed by atoms with Gasteiger partial charge in [-0.25, -0.2) is 9.97 Å². The van der Waals surface area contributed by atoms with Crippen LogP contribution in [0.2, 0.25) is 5.02 Å². The second-order valence-corrected chi connectivity index (χ2v) is 6.10. The minimum Gasteiger partial charge on any atom is -0.375 e. The van der Waals surface area contributed by atoms with Crippen molar-refractivity contribution in [3.8, 4) is 9.88 Å². The maximum atomic E-state index is 5.94. The Morgan fingerprint density at radius 2 is 2.06 bits per heavy atom. The summed E-state index contributed by atoms with van der Waals surface area (Å²) in [6.07, 6.45) is 0. The number of aryl methyl sites for hydroxylation is 1. The highest BCUT2D eigenvalue weighted by molar-refractivity contribution is 7.26. The van der Waals surface area contributed by atoms with Gasteiger partial charge in [-0.2, -0.15) is 0 Å². The molecule has 0 saturated heterocycles. The Morgan fingerprint density at radius 1 is 1.24 bits per heavy atom. The van der Waals surface area contributed by atoms with Crippen LogP contribution in [-0.4, -0.2) is 9.97 Å². The number of rotatable bonds is 1. The van der Waals surface area contributed by atoms with E-state index in [-0.39, 0.29) is 0 Å². The third-order valence-electron chi connectivity index (χ3n) is 2.36. The van der Waals surface area contributed by atoms with Gasteiger partial charge in [0.15, 0.2) is 5.13 Å². The largest absolute Gasteiger partial charge is 0.375 e. The van der Waals surface area contributed by atoms with Crippen molar-refractivity contribution >= 4 is 49.6 Å². The quantitative estimate of drug-likeness (QED) is 0.734. The van der Waals surface area contributed by atoms with E-state index in [9.17, 15) is 0 Å².